The highest BCUT2D eigenvalue weighted by Crippen LogP contribution is 2.10. The number of carbonyl (C=O) groups is 11. The third kappa shape index (κ3) is 22.5. The van der Waals surface area contributed by atoms with Crippen molar-refractivity contribution in [2.75, 3.05) is 42.6 Å². The topological polar surface area (TPSA) is 404 Å². The fraction of sp³-hybridized carbons (Fsp3) is 0.550. The molecule has 376 valence electrons. The van der Waals surface area contributed by atoms with Crippen LogP contribution in [0, 0.1) is 5.41 Å². The first-order valence-corrected chi connectivity index (χ1v) is 23.7. The van der Waals surface area contributed by atoms with E-state index >= 15 is 0 Å². The average Bonchev–Trinajstić information content (AvgIpc) is 3.28. The smallest absolute Gasteiger partial charge is 0.305 e. The van der Waals surface area contributed by atoms with Crippen LogP contribution in [0.3, 0.4) is 0 Å². The third-order valence-corrected chi connectivity index (χ3v) is 11.5. The molecule has 1 aromatic rings. The molecular formula is C40H61N13O12S3. The van der Waals surface area contributed by atoms with Gasteiger partial charge < -0.3 is 69.7 Å². The predicted molar refractivity (Wildman–Crippen MR) is 255 cm³/mol. The molecule has 0 spiro atoms. The second-order valence-electron chi connectivity index (χ2n) is 15.3. The summed E-state index contributed by atoms with van der Waals surface area (Å²) in [5, 5.41) is 41.6. The van der Waals surface area contributed by atoms with Crippen LogP contribution in [0.25, 0.3) is 0 Å². The van der Waals surface area contributed by atoms with E-state index < -0.39 is 114 Å². The summed E-state index contributed by atoms with van der Waals surface area (Å²) in [6.07, 6.45) is -0.295. The molecule has 25 nitrogen and oxygen atoms in total. The molecule has 1 fully saturated rings. The summed E-state index contributed by atoms with van der Waals surface area (Å²) in [5.74, 6) is -11.8. The number of thiol groups is 2. The molecule has 0 unspecified atom stereocenters. The Balaban J connectivity index is 2.55. The molecule has 7 atom stereocenters. The Hall–Kier alpha value is -6.29. The zero-order chi connectivity index (χ0) is 50.8. The van der Waals surface area contributed by atoms with E-state index in [9.17, 15) is 57.8 Å². The number of hydrogen-bond acceptors (Lipinski definition) is 15. The second-order valence-corrected chi connectivity index (χ2v) is 17.1. The van der Waals surface area contributed by atoms with Crippen molar-refractivity contribution in [1.29, 1.82) is 5.41 Å². The summed E-state index contributed by atoms with van der Waals surface area (Å²) in [6, 6.07) is -1.73. The lowest BCUT2D eigenvalue weighted by Gasteiger charge is -2.25. The molecular weight excluding hydrogens is 951 g/mol. The maximum absolute atomic E-state index is 13.8. The number of carboxylic acid groups (broad SMARTS) is 1. The minimum absolute atomic E-state index is 0.0377. The Labute approximate surface area is 407 Å². The molecule has 1 aliphatic heterocycles. The van der Waals surface area contributed by atoms with Gasteiger partial charge in [-0.05, 0) is 37.7 Å². The standard InChI is InChI=1S/C40H61N13O12S3/c1-21(54)44-12-6-5-10-24-35(61)51-27(17-66)38(64)49-23(11-7-13-45-40(42)43)34(60)46-16-30(55)48-26(15-32(57)58)37(63)52-28(18-67)39(65)50-25(14-22-8-3-2-4-9-22)36(62)53-29(33(41)59)19-68-20-31(56)47-24/h2-4,8-9,23-29,66-67H,5-7,10-20H2,1H3,(H2,41,59)(H,44,54)(H,46,60)(H,47,56)(H,48,55)(H,49,64)(H,50,65)(H,51,61)(H,52,63)(H,53,62)(H,57,58)(H4,42,43,45)/t23-,24-,25-,26-,27-,28-,29-/m0/s1. The number of nitrogens with two attached hydrogens (primary N) is 2. The number of unbranched alkanes of at least 4 members (excludes halogenated alkanes) is 1. The van der Waals surface area contributed by atoms with Crippen molar-refractivity contribution in [3.8, 4) is 0 Å². The molecule has 0 aliphatic carbocycles. The number of primary amides is 1. The Morgan fingerprint density at radius 1 is 0.676 bits per heavy atom. The zero-order valence-corrected chi connectivity index (χ0v) is 39.8. The number of carbonyl (C=O) groups excluding carboxylic acids is 10. The van der Waals surface area contributed by atoms with Gasteiger partial charge in [-0.1, -0.05) is 30.3 Å². The maximum atomic E-state index is 13.8. The number of aliphatic carboxylic acids is 1. The van der Waals surface area contributed by atoms with Crippen LogP contribution in [0.4, 0.5) is 0 Å². The molecule has 0 saturated carbocycles. The molecule has 1 saturated heterocycles. The van der Waals surface area contributed by atoms with E-state index in [-0.39, 0.29) is 73.7 Å². The van der Waals surface area contributed by atoms with Crippen molar-refractivity contribution in [3.05, 3.63) is 35.9 Å². The van der Waals surface area contributed by atoms with Gasteiger partial charge >= 0.3 is 5.97 Å². The van der Waals surface area contributed by atoms with Crippen molar-refractivity contribution < 1.29 is 57.8 Å². The van der Waals surface area contributed by atoms with Crippen molar-refractivity contribution >= 4 is 108 Å². The highest BCUT2D eigenvalue weighted by molar-refractivity contribution is 8.00. The first-order chi connectivity index (χ1) is 32.2. The van der Waals surface area contributed by atoms with Crippen molar-refractivity contribution in [3.63, 3.8) is 0 Å². The zero-order valence-electron chi connectivity index (χ0n) is 37.2. The van der Waals surface area contributed by atoms with Gasteiger partial charge in [0.2, 0.25) is 59.1 Å². The fourth-order valence-electron chi connectivity index (χ4n) is 6.23. The average molecular weight is 1010 g/mol. The molecule has 10 amide bonds. The quantitative estimate of drug-likeness (QED) is 0.0319. The highest BCUT2D eigenvalue weighted by Gasteiger charge is 2.33. The van der Waals surface area contributed by atoms with Gasteiger partial charge in [0.05, 0.1) is 18.7 Å². The molecule has 1 aromatic carbocycles. The first-order valence-electron chi connectivity index (χ1n) is 21.3. The van der Waals surface area contributed by atoms with E-state index in [0.29, 0.717) is 18.4 Å². The number of carboxylic acids is 1. The van der Waals surface area contributed by atoms with E-state index in [1.165, 1.54) is 6.92 Å². The Morgan fingerprint density at radius 3 is 1.76 bits per heavy atom. The summed E-state index contributed by atoms with van der Waals surface area (Å²) in [7, 11) is 0. The number of amides is 10. The number of hydrogen-bond donors (Lipinski definition) is 16. The summed E-state index contributed by atoms with van der Waals surface area (Å²) in [4.78, 5) is 144. The van der Waals surface area contributed by atoms with Gasteiger partial charge in [-0.3, -0.25) is 58.1 Å². The van der Waals surface area contributed by atoms with Gasteiger partial charge in [0.1, 0.15) is 42.3 Å². The molecule has 16 N–H and O–H groups in total. The lowest BCUT2D eigenvalue weighted by atomic mass is 10.0. The molecule has 0 aromatic heterocycles. The largest absolute Gasteiger partial charge is 0.481 e. The van der Waals surface area contributed by atoms with Crippen molar-refractivity contribution in [2.45, 2.75) is 94.2 Å². The molecule has 2 rings (SSSR count). The minimum Gasteiger partial charge on any atom is -0.481 e. The number of rotatable bonds is 16. The molecule has 68 heavy (non-hydrogen) atoms. The summed E-state index contributed by atoms with van der Waals surface area (Å²) < 4.78 is 0. The van der Waals surface area contributed by atoms with E-state index in [2.05, 4.69) is 78.4 Å². The highest BCUT2D eigenvalue weighted by atomic mass is 32.2. The number of benzene rings is 1. The monoisotopic (exact) mass is 1010 g/mol. The van der Waals surface area contributed by atoms with Crippen LogP contribution in [0.5, 0.6) is 0 Å². The van der Waals surface area contributed by atoms with Crippen LogP contribution < -0.4 is 64.6 Å². The van der Waals surface area contributed by atoms with E-state index in [0.717, 1.165) is 11.8 Å². The van der Waals surface area contributed by atoms with E-state index in [1.807, 2.05) is 0 Å². The lowest BCUT2D eigenvalue weighted by Crippen LogP contribution is -2.60. The molecule has 0 bridgehead atoms. The lowest BCUT2D eigenvalue weighted by molar-refractivity contribution is -0.141. The van der Waals surface area contributed by atoms with Crippen molar-refractivity contribution in [2.24, 2.45) is 11.5 Å². The SMILES string of the molecule is CC(=O)NCCCC[C@@H]1NC(=O)CSC[C@@H](C(N)=O)NC(=O)[C@H](Cc2ccccc2)NC(=O)[C@H](CS)NC(=O)[C@H](CC(=O)O)NC(=O)CNC(=O)[C@H](CCCNC(=N)N)NC(=O)[C@H](CS)NC1=O. The van der Waals surface area contributed by atoms with Crippen LogP contribution >= 0.6 is 37.0 Å². The van der Waals surface area contributed by atoms with Gasteiger partial charge in [0, 0.05) is 43.7 Å². The fourth-order valence-corrected chi connectivity index (χ4v) is 7.62. The van der Waals surface area contributed by atoms with Crippen molar-refractivity contribution in [1.82, 2.24) is 53.2 Å². The predicted octanol–water partition coefficient (Wildman–Crippen LogP) is -5.13. The van der Waals surface area contributed by atoms with Crippen LogP contribution in [0.1, 0.15) is 51.0 Å². The van der Waals surface area contributed by atoms with Crippen LogP contribution in [-0.2, 0) is 59.2 Å². The Bertz CT molecular complexity index is 1970. The van der Waals surface area contributed by atoms with Gasteiger partial charge in [-0.15, -0.1) is 11.8 Å². The molecule has 28 heteroatoms. The second kappa shape index (κ2) is 30.9. The van der Waals surface area contributed by atoms with Crippen LogP contribution in [-0.4, -0.2) is 161 Å². The summed E-state index contributed by atoms with van der Waals surface area (Å²) in [6.45, 7) is 0.852. The minimum atomic E-state index is -1.80. The van der Waals surface area contributed by atoms with E-state index in [1.54, 1.807) is 30.3 Å². The van der Waals surface area contributed by atoms with Gasteiger partial charge in [0.15, 0.2) is 5.96 Å². The molecule has 1 aliphatic rings. The number of nitrogens with one attached hydrogen (secondary N) is 11. The summed E-state index contributed by atoms with van der Waals surface area (Å²) in [5.41, 5.74) is 11.6. The first kappa shape index (κ1) is 57.8. The number of guanidine groups is 1. The van der Waals surface area contributed by atoms with Gasteiger partial charge in [-0.2, -0.15) is 25.3 Å². The van der Waals surface area contributed by atoms with Gasteiger partial charge in [0.25, 0.3) is 0 Å². The Morgan fingerprint density at radius 2 is 1.19 bits per heavy atom. The number of thioether (sulfide) groups is 1. The van der Waals surface area contributed by atoms with Crippen LogP contribution in [0.2, 0.25) is 0 Å². The molecule has 1 heterocycles. The van der Waals surface area contributed by atoms with Crippen LogP contribution in [0.15, 0.2) is 30.3 Å². The molecule has 0 radical (unpaired) electrons. The van der Waals surface area contributed by atoms with E-state index in [4.69, 9.17) is 16.9 Å². The maximum Gasteiger partial charge on any atom is 0.305 e. The third-order valence-electron chi connectivity index (χ3n) is 9.74. The Kier molecular flexibility index (Phi) is 26.3. The van der Waals surface area contributed by atoms with Gasteiger partial charge in [-0.25, -0.2) is 0 Å². The summed E-state index contributed by atoms with van der Waals surface area (Å²) >= 11 is 9.23. The normalized spacial score (nSPS) is 23.3.